The Labute approximate surface area is 78.1 Å². The third-order valence-corrected chi connectivity index (χ3v) is 1.46. The second-order valence-electron chi connectivity index (χ2n) is 3.00. The molecule has 0 atom stereocenters. The van der Waals surface area contributed by atoms with Crippen LogP contribution in [0.15, 0.2) is 0 Å². The second kappa shape index (κ2) is 6.42. The van der Waals surface area contributed by atoms with Gasteiger partial charge in [0.2, 0.25) is 11.8 Å². The predicted octanol–water partition coefficient (Wildman–Crippen LogP) is -1.17. The van der Waals surface area contributed by atoms with Gasteiger partial charge >= 0.3 is 0 Å². The van der Waals surface area contributed by atoms with Crippen LogP contribution in [0, 0.1) is 5.92 Å². The van der Waals surface area contributed by atoms with Crippen LogP contribution in [-0.4, -0.2) is 31.4 Å². The monoisotopic (exact) mass is 187 g/mol. The van der Waals surface area contributed by atoms with Crippen LogP contribution in [0.25, 0.3) is 0 Å². The molecule has 0 rings (SSSR count). The molecule has 0 unspecified atom stereocenters. The molecule has 4 N–H and O–H groups in total. The Balaban J connectivity index is 3.36. The van der Waals surface area contributed by atoms with Crippen molar-refractivity contribution in [3.05, 3.63) is 0 Å². The van der Waals surface area contributed by atoms with Gasteiger partial charge < -0.3 is 16.4 Å². The van der Waals surface area contributed by atoms with Crippen LogP contribution in [0.1, 0.15) is 13.8 Å². The fraction of sp³-hybridized carbons (Fsp3) is 0.750. The topological polar surface area (TPSA) is 84.2 Å². The molecule has 0 aromatic rings. The minimum absolute atomic E-state index is 0.0120. The lowest BCUT2D eigenvalue weighted by Crippen LogP contribution is -2.38. The van der Waals surface area contributed by atoms with Gasteiger partial charge in [-0.2, -0.15) is 0 Å². The molecule has 5 heteroatoms. The Morgan fingerprint density at radius 3 is 2.23 bits per heavy atom. The highest BCUT2D eigenvalue weighted by Gasteiger charge is 2.04. The van der Waals surface area contributed by atoms with Crippen molar-refractivity contribution in [2.45, 2.75) is 13.8 Å². The third-order valence-electron chi connectivity index (χ3n) is 1.46. The fourth-order valence-electron chi connectivity index (χ4n) is 0.664. The molecule has 5 nitrogen and oxygen atoms in total. The first kappa shape index (κ1) is 11.9. The van der Waals surface area contributed by atoms with Crippen molar-refractivity contribution in [2.75, 3.05) is 19.6 Å². The average Bonchev–Trinajstić information content (AvgIpc) is 2.11. The molecule has 13 heavy (non-hydrogen) atoms. The highest BCUT2D eigenvalue weighted by Crippen LogP contribution is 1.88. The summed E-state index contributed by atoms with van der Waals surface area (Å²) in [5.41, 5.74) is 5.06. The lowest BCUT2D eigenvalue weighted by Gasteiger charge is -2.07. The van der Waals surface area contributed by atoms with E-state index >= 15 is 0 Å². The van der Waals surface area contributed by atoms with Crippen molar-refractivity contribution >= 4 is 11.8 Å². The van der Waals surface area contributed by atoms with E-state index in [1.54, 1.807) is 0 Å². The highest BCUT2D eigenvalue weighted by atomic mass is 16.2. The number of nitrogens with two attached hydrogens (primary N) is 1. The van der Waals surface area contributed by atoms with Crippen LogP contribution in [0.2, 0.25) is 0 Å². The summed E-state index contributed by atoms with van der Waals surface area (Å²) in [5, 5.41) is 5.22. The summed E-state index contributed by atoms with van der Waals surface area (Å²) in [6.45, 7) is 4.48. The van der Waals surface area contributed by atoms with Gasteiger partial charge in [0.25, 0.3) is 0 Å². The largest absolute Gasteiger partial charge is 0.354 e. The van der Waals surface area contributed by atoms with Gasteiger partial charge in [-0.05, 0) is 0 Å². The summed E-state index contributed by atoms with van der Waals surface area (Å²) in [4.78, 5) is 21.7. The number of rotatable bonds is 5. The van der Waals surface area contributed by atoms with E-state index in [2.05, 4.69) is 10.6 Å². The fourth-order valence-corrected chi connectivity index (χ4v) is 0.664. The van der Waals surface area contributed by atoms with E-state index in [0.717, 1.165) is 0 Å². The quantitative estimate of drug-likeness (QED) is 0.474. The van der Waals surface area contributed by atoms with Crippen LogP contribution < -0.4 is 16.4 Å². The number of hydrogen-bond acceptors (Lipinski definition) is 3. The number of nitrogens with one attached hydrogen (secondary N) is 2. The van der Waals surface area contributed by atoms with Crippen molar-refractivity contribution in [1.82, 2.24) is 10.6 Å². The Hall–Kier alpha value is -1.10. The predicted molar refractivity (Wildman–Crippen MR) is 49.9 cm³/mol. The van der Waals surface area contributed by atoms with Gasteiger partial charge in [0.1, 0.15) is 0 Å². The molecular formula is C8H17N3O2. The minimum atomic E-state index is -0.209. The summed E-state index contributed by atoms with van der Waals surface area (Å²) in [7, 11) is 0. The van der Waals surface area contributed by atoms with E-state index in [1.807, 2.05) is 13.8 Å². The van der Waals surface area contributed by atoms with E-state index in [1.165, 1.54) is 0 Å². The van der Waals surface area contributed by atoms with Crippen LogP contribution in [-0.2, 0) is 9.59 Å². The Bertz CT molecular complexity index is 180. The van der Waals surface area contributed by atoms with Crippen molar-refractivity contribution in [2.24, 2.45) is 11.7 Å². The number of carbonyl (C=O) groups is 2. The summed E-state index contributed by atoms with van der Waals surface area (Å²) >= 11 is 0. The molecule has 0 aromatic carbocycles. The third kappa shape index (κ3) is 6.10. The molecule has 0 radical (unpaired) electrons. The molecule has 0 bridgehead atoms. The Morgan fingerprint density at radius 1 is 1.23 bits per heavy atom. The zero-order valence-electron chi connectivity index (χ0n) is 8.09. The van der Waals surface area contributed by atoms with Crippen molar-refractivity contribution in [3.63, 3.8) is 0 Å². The van der Waals surface area contributed by atoms with E-state index < -0.39 is 0 Å². The zero-order valence-corrected chi connectivity index (χ0v) is 8.09. The maximum Gasteiger partial charge on any atom is 0.233 e. The first-order valence-electron chi connectivity index (χ1n) is 4.32. The second-order valence-corrected chi connectivity index (χ2v) is 3.00. The Kier molecular flexibility index (Phi) is 5.88. The van der Waals surface area contributed by atoms with Crippen molar-refractivity contribution < 1.29 is 9.59 Å². The standard InChI is InChI=1S/C8H17N3O2/c1-6(2)8(13)11-4-3-10-7(12)5-9/h6H,3-5,9H2,1-2H3,(H,10,12)(H,11,13). The minimum Gasteiger partial charge on any atom is -0.354 e. The molecular weight excluding hydrogens is 170 g/mol. The zero-order chi connectivity index (χ0) is 10.3. The summed E-state index contributed by atoms with van der Waals surface area (Å²) < 4.78 is 0. The molecule has 0 spiro atoms. The van der Waals surface area contributed by atoms with Crippen LogP contribution in [0.4, 0.5) is 0 Å². The van der Waals surface area contributed by atoms with Crippen LogP contribution in [0.5, 0.6) is 0 Å². The molecule has 0 aliphatic rings. The molecule has 0 aliphatic heterocycles. The molecule has 0 saturated heterocycles. The van der Waals surface area contributed by atoms with Gasteiger partial charge in [-0.1, -0.05) is 13.8 Å². The first-order chi connectivity index (χ1) is 6.07. The summed E-state index contributed by atoms with van der Waals surface area (Å²) in [5.74, 6) is -0.244. The van der Waals surface area contributed by atoms with Gasteiger partial charge in [0.05, 0.1) is 6.54 Å². The molecule has 76 valence electrons. The smallest absolute Gasteiger partial charge is 0.233 e. The summed E-state index contributed by atoms with van der Waals surface area (Å²) in [6, 6.07) is 0. The van der Waals surface area contributed by atoms with Crippen LogP contribution in [0.3, 0.4) is 0 Å². The molecule has 0 aromatic heterocycles. The molecule has 2 amide bonds. The average molecular weight is 187 g/mol. The van der Waals surface area contributed by atoms with E-state index in [9.17, 15) is 9.59 Å². The summed E-state index contributed by atoms with van der Waals surface area (Å²) in [6.07, 6.45) is 0. The van der Waals surface area contributed by atoms with Gasteiger partial charge in [0, 0.05) is 19.0 Å². The highest BCUT2D eigenvalue weighted by molar-refractivity contribution is 5.78. The Morgan fingerprint density at radius 2 is 1.77 bits per heavy atom. The van der Waals surface area contributed by atoms with Gasteiger partial charge in [-0.3, -0.25) is 9.59 Å². The van der Waals surface area contributed by atoms with E-state index in [0.29, 0.717) is 13.1 Å². The van der Waals surface area contributed by atoms with Crippen molar-refractivity contribution in [1.29, 1.82) is 0 Å². The molecule has 0 fully saturated rings. The molecule has 0 heterocycles. The van der Waals surface area contributed by atoms with E-state index in [4.69, 9.17) is 5.73 Å². The van der Waals surface area contributed by atoms with Crippen LogP contribution >= 0.6 is 0 Å². The van der Waals surface area contributed by atoms with E-state index in [-0.39, 0.29) is 24.3 Å². The number of hydrogen-bond donors (Lipinski definition) is 3. The van der Waals surface area contributed by atoms with Gasteiger partial charge in [-0.25, -0.2) is 0 Å². The number of carbonyl (C=O) groups excluding carboxylic acids is 2. The first-order valence-corrected chi connectivity index (χ1v) is 4.32. The van der Waals surface area contributed by atoms with Gasteiger partial charge in [0.15, 0.2) is 0 Å². The van der Waals surface area contributed by atoms with Crippen molar-refractivity contribution in [3.8, 4) is 0 Å². The lowest BCUT2D eigenvalue weighted by atomic mass is 10.2. The SMILES string of the molecule is CC(C)C(=O)NCCNC(=O)CN. The van der Waals surface area contributed by atoms with Gasteiger partial charge in [-0.15, -0.1) is 0 Å². The number of amides is 2. The normalized spacial score (nSPS) is 9.85. The lowest BCUT2D eigenvalue weighted by molar-refractivity contribution is -0.124. The maximum atomic E-state index is 11.0. The maximum absolute atomic E-state index is 11.0. The molecule has 0 saturated carbocycles. The molecule has 0 aliphatic carbocycles.